The van der Waals surface area contributed by atoms with Crippen molar-refractivity contribution in [2.75, 3.05) is 0 Å². The molecule has 0 fully saturated rings. The van der Waals surface area contributed by atoms with E-state index < -0.39 is 11.4 Å². The number of hydrogen-bond acceptors (Lipinski definition) is 3. The normalized spacial score (nSPS) is 10.0. The molecule has 0 unspecified atom stereocenters. The molecule has 0 spiro atoms. The molecule has 2 rings (SSSR count). The molecule has 0 bridgehead atoms. The Morgan fingerprint density at radius 1 is 1.25 bits per heavy atom. The molecule has 0 saturated heterocycles. The first-order valence-corrected chi connectivity index (χ1v) is 6.02. The van der Waals surface area contributed by atoms with E-state index in [1.54, 1.807) is 25.5 Å². The smallest absolute Gasteiger partial charge is 0.550 e. The SMILES string of the molecule is CC(C)(C)C(=O)[O-].Cc1c[c-]n(-c2ccccc2)n1.[Zn+2]. The van der Waals surface area contributed by atoms with Crippen LogP contribution in [0.1, 0.15) is 26.5 Å². The van der Waals surface area contributed by atoms with E-state index in [4.69, 9.17) is 0 Å². The number of para-hydroxylation sites is 1. The number of rotatable bonds is 1. The van der Waals surface area contributed by atoms with Gasteiger partial charge in [-0.25, -0.2) is 0 Å². The van der Waals surface area contributed by atoms with Gasteiger partial charge in [-0.05, 0) is 11.4 Å². The van der Waals surface area contributed by atoms with Crippen molar-refractivity contribution in [1.29, 1.82) is 0 Å². The van der Waals surface area contributed by atoms with Gasteiger partial charge < -0.3 is 14.6 Å². The van der Waals surface area contributed by atoms with Crippen LogP contribution in [0.15, 0.2) is 36.4 Å². The summed E-state index contributed by atoms with van der Waals surface area (Å²) in [5.74, 6) is -1.01. The Hall–Kier alpha value is -1.48. The van der Waals surface area contributed by atoms with Crippen molar-refractivity contribution in [3.63, 3.8) is 0 Å². The fourth-order valence-electron chi connectivity index (χ4n) is 1.07. The average Bonchev–Trinajstić information content (AvgIpc) is 2.77. The first-order valence-electron chi connectivity index (χ1n) is 6.02. The van der Waals surface area contributed by atoms with E-state index in [0.29, 0.717) is 0 Å². The number of hydrogen-bond donors (Lipinski definition) is 0. The molecule has 0 atom stereocenters. The number of carbonyl (C=O) groups excluding carboxylic acids is 1. The standard InChI is InChI=1S/C10H9N2.C5H10O2.Zn/c1-9-7-8-12(11-9)10-5-3-2-4-6-10;1-5(2,3)4(6)7;/h2-7H,1H3;1-3H3,(H,6,7);/q-1;;+2/p-1. The van der Waals surface area contributed by atoms with Gasteiger partial charge in [0.15, 0.2) is 0 Å². The zero-order valence-corrected chi connectivity index (χ0v) is 15.3. The Kier molecular flexibility index (Phi) is 7.37. The zero-order chi connectivity index (χ0) is 14.5. The largest absolute Gasteiger partial charge is 2.00 e. The molecular weight excluding hydrogens is 306 g/mol. The number of carbonyl (C=O) groups is 1. The van der Waals surface area contributed by atoms with Gasteiger partial charge >= 0.3 is 19.5 Å². The Labute approximate surface area is 132 Å². The Balaban J connectivity index is 0.000000396. The monoisotopic (exact) mass is 322 g/mol. The van der Waals surface area contributed by atoms with Crippen LogP contribution in [0.25, 0.3) is 5.69 Å². The molecular formula is C15H18N2O2Zn. The number of benzene rings is 1. The van der Waals surface area contributed by atoms with Crippen LogP contribution in [-0.2, 0) is 24.3 Å². The summed E-state index contributed by atoms with van der Waals surface area (Å²) in [5, 5.41) is 14.2. The minimum absolute atomic E-state index is 0. The number of nitrogens with zero attached hydrogens (tertiary/aromatic N) is 2. The van der Waals surface area contributed by atoms with Gasteiger partial charge in [-0.1, -0.05) is 64.2 Å². The quantitative estimate of drug-likeness (QED) is 0.593. The maximum atomic E-state index is 9.91. The molecule has 1 aromatic heterocycles. The molecule has 0 aliphatic carbocycles. The van der Waals surface area contributed by atoms with Crippen molar-refractivity contribution in [3.05, 3.63) is 48.3 Å². The summed E-state index contributed by atoms with van der Waals surface area (Å²) in [6.45, 7) is 6.75. The fraction of sp³-hybridized carbons (Fsp3) is 0.333. The van der Waals surface area contributed by atoms with Gasteiger partial charge in [0.1, 0.15) is 0 Å². The Morgan fingerprint density at radius 2 is 1.75 bits per heavy atom. The van der Waals surface area contributed by atoms with Crippen molar-refractivity contribution in [2.45, 2.75) is 27.7 Å². The van der Waals surface area contributed by atoms with Gasteiger partial charge in [-0.2, -0.15) is 0 Å². The zero-order valence-electron chi connectivity index (χ0n) is 12.4. The minimum Gasteiger partial charge on any atom is -0.550 e. The Bertz CT molecular complexity index is 530. The first kappa shape index (κ1) is 18.5. The van der Waals surface area contributed by atoms with E-state index >= 15 is 0 Å². The third-order valence-corrected chi connectivity index (χ3v) is 2.27. The van der Waals surface area contributed by atoms with Crippen molar-refractivity contribution >= 4 is 5.97 Å². The van der Waals surface area contributed by atoms with E-state index in [9.17, 15) is 9.90 Å². The van der Waals surface area contributed by atoms with Crippen LogP contribution in [0.2, 0.25) is 0 Å². The van der Waals surface area contributed by atoms with Crippen molar-refractivity contribution < 1.29 is 29.4 Å². The van der Waals surface area contributed by atoms with Gasteiger partial charge in [-0.3, -0.25) is 5.10 Å². The maximum absolute atomic E-state index is 9.91. The van der Waals surface area contributed by atoms with Gasteiger partial charge in [0, 0.05) is 11.4 Å². The number of aryl methyl sites for hydroxylation is 1. The first-order chi connectivity index (χ1) is 8.80. The van der Waals surface area contributed by atoms with Crippen molar-refractivity contribution in [2.24, 2.45) is 5.41 Å². The van der Waals surface area contributed by atoms with Crippen LogP contribution in [-0.4, -0.2) is 15.7 Å². The van der Waals surface area contributed by atoms with Crippen LogP contribution in [0.5, 0.6) is 0 Å². The van der Waals surface area contributed by atoms with Crippen LogP contribution in [0.3, 0.4) is 0 Å². The molecule has 0 aliphatic rings. The second-order valence-corrected chi connectivity index (χ2v) is 5.20. The predicted molar refractivity (Wildman–Crippen MR) is 71.6 cm³/mol. The van der Waals surface area contributed by atoms with Gasteiger partial charge in [0.2, 0.25) is 0 Å². The second kappa shape index (κ2) is 7.96. The molecule has 0 saturated carbocycles. The van der Waals surface area contributed by atoms with Crippen LogP contribution in [0, 0.1) is 18.5 Å². The van der Waals surface area contributed by atoms with Gasteiger partial charge in [0.25, 0.3) is 0 Å². The molecule has 0 radical (unpaired) electrons. The summed E-state index contributed by atoms with van der Waals surface area (Å²) in [4.78, 5) is 9.91. The summed E-state index contributed by atoms with van der Waals surface area (Å²) >= 11 is 0. The number of aromatic nitrogens is 2. The third kappa shape index (κ3) is 6.11. The third-order valence-electron chi connectivity index (χ3n) is 2.27. The molecule has 5 heteroatoms. The van der Waals surface area contributed by atoms with E-state index in [0.717, 1.165) is 11.4 Å². The molecule has 0 aliphatic heterocycles. The fourth-order valence-corrected chi connectivity index (χ4v) is 1.07. The number of carboxylic acid groups (broad SMARTS) is 1. The predicted octanol–water partition coefficient (Wildman–Crippen LogP) is 1.76. The number of aliphatic carboxylic acids is 1. The number of carboxylic acids is 1. The summed E-state index contributed by atoms with van der Waals surface area (Å²) in [6.07, 6.45) is 3.03. The summed E-state index contributed by atoms with van der Waals surface area (Å²) < 4.78 is 1.75. The van der Waals surface area contributed by atoms with Crippen molar-refractivity contribution in [1.82, 2.24) is 9.78 Å². The van der Waals surface area contributed by atoms with Crippen LogP contribution < -0.4 is 5.11 Å². The summed E-state index contributed by atoms with van der Waals surface area (Å²) in [5.41, 5.74) is 1.34. The molecule has 2 aromatic rings. The molecule has 1 aromatic carbocycles. The van der Waals surface area contributed by atoms with Crippen molar-refractivity contribution in [3.8, 4) is 5.69 Å². The van der Waals surface area contributed by atoms with Crippen LogP contribution in [0.4, 0.5) is 0 Å². The molecule has 0 amide bonds. The van der Waals surface area contributed by atoms with E-state index in [1.165, 1.54) is 0 Å². The average molecular weight is 324 g/mol. The minimum atomic E-state index is -1.01. The summed E-state index contributed by atoms with van der Waals surface area (Å²) in [7, 11) is 0. The van der Waals surface area contributed by atoms with E-state index in [-0.39, 0.29) is 19.5 Å². The van der Waals surface area contributed by atoms with E-state index in [2.05, 4.69) is 11.3 Å². The molecule has 4 nitrogen and oxygen atoms in total. The van der Waals surface area contributed by atoms with E-state index in [1.807, 2.05) is 43.3 Å². The van der Waals surface area contributed by atoms with Gasteiger partial charge in [-0.15, -0.1) is 6.07 Å². The van der Waals surface area contributed by atoms with Gasteiger partial charge in [0.05, 0.1) is 0 Å². The molecule has 1 heterocycles. The Morgan fingerprint density at radius 3 is 2.10 bits per heavy atom. The maximum Gasteiger partial charge on any atom is 2.00 e. The topological polar surface area (TPSA) is 57.9 Å². The molecule has 102 valence electrons. The molecule has 20 heavy (non-hydrogen) atoms. The van der Waals surface area contributed by atoms with Crippen LogP contribution >= 0.6 is 0 Å². The second-order valence-electron chi connectivity index (χ2n) is 5.20. The molecule has 0 N–H and O–H groups in total. The summed E-state index contributed by atoms with van der Waals surface area (Å²) in [6, 6.07) is 11.8.